The van der Waals surface area contributed by atoms with Crippen molar-refractivity contribution in [1.29, 1.82) is 0 Å². The topological polar surface area (TPSA) is 84.4 Å². The molecule has 0 bridgehead atoms. The van der Waals surface area contributed by atoms with E-state index in [1.54, 1.807) is 33.5 Å². The minimum atomic E-state index is 0.271. The Balaban J connectivity index is 1.77. The van der Waals surface area contributed by atoms with Crippen molar-refractivity contribution in [3.05, 3.63) is 51.8 Å². The molecule has 0 atom stereocenters. The van der Waals surface area contributed by atoms with Crippen molar-refractivity contribution in [3.63, 3.8) is 0 Å². The fraction of sp³-hybridized carbons (Fsp3) is 0.190. The van der Waals surface area contributed by atoms with Gasteiger partial charge in [0, 0.05) is 5.56 Å². The molecule has 0 N–H and O–H groups in total. The maximum atomic E-state index is 6.37. The molecule has 0 amide bonds. The second-order valence-electron chi connectivity index (χ2n) is 6.44. The molecule has 2 aromatic heterocycles. The molecule has 31 heavy (non-hydrogen) atoms. The molecule has 0 fully saturated rings. The lowest BCUT2D eigenvalue weighted by atomic mass is 10.1. The van der Waals surface area contributed by atoms with Crippen molar-refractivity contribution in [2.24, 2.45) is 0 Å². The number of rotatable bonds is 6. The van der Waals surface area contributed by atoms with Crippen LogP contribution in [0.25, 0.3) is 28.7 Å². The van der Waals surface area contributed by atoms with E-state index in [0.717, 1.165) is 11.4 Å². The predicted molar refractivity (Wildman–Crippen MR) is 119 cm³/mol. The molecule has 0 aliphatic carbocycles. The van der Waals surface area contributed by atoms with Gasteiger partial charge in [-0.2, -0.15) is 4.98 Å². The first-order chi connectivity index (χ1) is 15.0. The minimum Gasteiger partial charge on any atom is -0.493 e. The van der Waals surface area contributed by atoms with Gasteiger partial charge in [0.15, 0.2) is 21.9 Å². The Labute approximate surface area is 191 Å². The summed E-state index contributed by atoms with van der Waals surface area (Å²) in [6, 6.07) is 11.0. The molecule has 0 radical (unpaired) electrons. The van der Waals surface area contributed by atoms with Gasteiger partial charge in [0.05, 0.1) is 37.7 Å². The smallest absolute Gasteiger partial charge is 0.278 e. The maximum absolute atomic E-state index is 6.37. The van der Waals surface area contributed by atoms with Gasteiger partial charge in [-0.25, -0.2) is 4.98 Å². The van der Waals surface area contributed by atoms with E-state index in [1.165, 1.54) is 0 Å². The zero-order chi connectivity index (χ0) is 22.1. The summed E-state index contributed by atoms with van der Waals surface area (Å²) in [6.07, 6.45) is 0. The second kappa shape index (κ2) is 8.60. The van der Waals surface area contributed by atoms with Crippen LogP contribution in [0.15, 0.2) is 45.7 Å². The van der Waals surface area contributed by atoms with Gasteiger partial charge in [0.25, 0.3) is 5.89 Å². The van der Waals surface area contributed by atoms with E-state index < -0.39 is 0 Å². The Morgan fingerprint density at radius 1 is 1.00 bits per heavy atom. The summed E-state index contributed by atoms with van der Waals surface area (Å²) in [5, 5.41) is 4.71. The van der Waals surface area contributed by atoms with Gasteiger partial charge in [0.2, 0.25) is 11.6 Å². The van der Waals surface area contributed by atoms with Crippen LogP contribution in [-0.4, -0.2) is 41.0 Å². The average Bonchev–Trinajstić information content (AvgIpc) is 3.38. The summed E-state index contributed by atoms with van der Waals surface area (Å²) >= 11 is 9.87. The van der Waals surface area contributed by atoms with Crippen LogP contribution in [0.5, 0.6) is 17.2 Å². The largest absolute Gasteiger partial charge is 0.493 e. The van der Waals surface area contributed by atoms with E-state index in [9.17, 15) is 0 Å². The molecule has 0 aliphatic heterocycles. The van der Waals surface area contributed by atoms with Crippen molar-refractivity contribution in [2.75, 3.05) is 21.3 Å². The fourth-order valence-electron chi connectivity index (χ4n) is 3.23. The van der Waals surface area contributed by atoms with Gasteiger partial charge in [-0.3, -0.25) is 4.57 Å². The Bertz CT molecular complexity index is 1230. The first kappa shape index (κ1) is 21.2. The number of hydrogen-bond donors (Lipinski definition) is 0. The summed E-state index contributed by atoms with van der Waals surface area (Å²) in [4.78, 5) is 9.08. The first-order valence-electron chi connectivity index (χ1n) is 9.12. The Morgan fingerprint density at radius 3 is 2.29 bits per heavy atom. The number of hydrogen-bond acceptors (Lipinski definition) is 7. The highest BCUT2D eigenvalue weighted by atomic mass is 79.9. The number of para-hydroxylation sites is 1. The zero-order valence-corrected chi connectivity index (χ0v) is 19.5. The molecule has 2 aromatic carbocycles. The van der Waals surface area contributed by atoms with Crippen LogP contribution in [0.1, 0.15) is 5.69 Å². The van der Waals surface area contributed by atoms with E-state index in [1.807, 2.05) is 35.8 Å². The standard InChI is InChI=1S/C21H18BrClN4O4/c1-11-17(24-21(22)27(11)14-8-6-5-7-13(14)23)20-25-19(26-31-20)12-9-15(28-2)18(30-4)16(10-12)29-3/h5-10H,1-4H3. The van der Waals surface area contributed by atoms with Gasteiger partial charge in [-0.1, -0.05) is 28.9 Å². The van der Waals surface area contributed by atoms with Crippen molar-refractivity contribution >= 4 is 27.5 Å². The molecule has 0 aliphatic rings. The number of nitrogens with zero attached hydrogens (tertiary/aromatic N) is 4. The highest BCUT2D eigenvalue weighted by Gasteiger charge is 2.23. The third kappa shape index (κ3) is 3.75. The number of imidazole rings is 1. The molecule has 4 rings (SSSR count). The van der Waals surface area contributed by atoms with Crippen molar-refractivity contribution in [1.82, 2.24) is 19.7 Å². The number of methoxy groups -OCH3 is 3. The lowest BCUT2D eigenvalue weighted by Crippen LogP contribution is -1.98. The van der Waals surface area contributed by atoms with E-state index >= 15 is 0 Å². The van der Waals surface area contributed by atoms with E-state index in [4.69, 9.17) is 30.3 Å². The van der Waals surface area contributed by atoms with Crippen LogP contribution in [0.2, 0.25) is 5.02 Å². The van der Waals surface area contributed by atoms with Gasteiger partial charge in [0.1, 0.15) is 0 Å². The number of benzene rings is 2. The molecule has 0 saturated heterocycles. The normalized spacial score (nSPS) is 10.9. The lowest BCUT2D eigenvalue weighted by molar-refractivity contribution is 0.324. The molecule has 2 heterocycles. The second-order valence-corrected chi connectivity index (χ2v) is 7.56. The molecular formula is C21H18BrClN4O4. The Kier molecular flexibility index (Phi) is 5.88. The average molecular weight is 506 g/mol. The molecule has 0 saturated carbocycles. The molecule has 8 nitrogen and oxygen atoms in total. The Hall–Kier alpha value is -3.04. The van der Waals surface area contributed by atoms with Gasteiger partial charge < -0.3 is 18.7 Å². The highest BCUT2D eigenvalue weighted by Crippen LogP contribution is 2.41. The van der Waals surface area contributed by atoms with Crippen molar-refractivity contribution < 1.29 is 18.7 Å². The molecule has 0 unspecified atom stereocenters. The summed E-state index contributed by atoms with van der Waals surface area (Å²) in [7, 11) is 4.64. The zero-order valence-electron chi connectivity index (χ0n) is 17.1. The van der Waals surface area contributed by atoms with Gasteiger partial charge in [-0.05, 0) is 47.1 Å². The van der Waals surface area contributed by atoms with Gasteiger partial charge >= 0.3 is 0 Å². The number of aromatic nitrogens is 4. The minimum absolute atomic E-state index is 0.271. The summed E-state index contributed by atoms with van der Waals surface area (Å²) in [5.74, 6) is 2.09. The van der Waals surface area contributed by atoms with Crippen LogP contribution in [0.4, 0.5) is 0 Å². The molecule has 10 heteroatoms. The van der Waals surface area contributed by atoms with E-state index in [-0.39, 0.29) is 5.89 Å². The number of ether oxygens (including phenoxy) is 3. The summed E-state index contributed by atoms with van der Waals surface area (Å²) in [6.45, 7) is 1.90. The molecule has 0 spiro atoms. The van der Waals surface area contributed by atoms with E-state index in [2.05, 4.69) is 31.1 Å². The van der Waals surface area contributed by atoms with Crippen LogP contribution >= 0.6 is 27.5 Å². The molecule has 160 valence electrons. The quantitative estimate of drug-likeness (QED) is 0.350. The van der Waals surface area contributed by atoms with Crippen LogP contribution in [0, 0.1) is 6.92 Å². The van der Waals surface area contributed by atoms with Crippen molar-refractivity contribution in [2.45, 2.75) is 6.92 Å². The Morgan fingerprint density at radius 2 is 1.68 bits per heavy atom. The maximum Gasteiger partial charge on any atom is 0.278 e. The molecule has 4 aromatic rings. The summed E-state index contributed by atoms with van der Waals surface area (Å²) < 4.78 is 24.1. The molecular weight excluding hydrogens is 488 g/mol. The summed E-state index contributed by atoms with van der Waals surface area (Å²) in [5.41, 5.74) is 2.77. The highest BCUT2D eigenvalue weighted by molar-refractivity contribution is 9.10. The lowest BCUT2D eigenvalue weighted by Gasteiger charge is -2.12. The SMILES string of the molecule is COc1cc(-c2noc(-c3nc(Br)n(-c4ccccc4Cl)c3C)n2)cc(OC)c1OC. The first-order valence-corrected chi connectivity index (χ1v) is 10.3. The van der Waals surface area contributed by atoms with Crippen LogP contribution in [-0.2, 0) is 0 Å². The predicted octanol–water partition coefficient (Wildman–Crippen LogP) is 5.34. The monoisotopic (exact) mass is 504 g/mol. The number of halogens is 2. The van der Waals surface area contributed by atoms with Crippen LogP contribution in [0.3, 0.4) is 0 Å². The fourth-order valence-corrected chi connectivity index (χ4v) is 4.08. The van der Waals surface area contributed by atoms with Crippen molar-refractivity contribution in [3.8, 4) is 45.9 Å². The van der Waals surface area contributed by atoms with Crippen LogP contribution < -0.4 is 14.2 Å². The third-order valence-corrected chi connectivity index (χ3v) is 5.56. The third-order valence-electron chi connectivity index (χ3n) is 4.71. The van der Waals surface area contributed by atoms with E-state index in [0.29, 0.717) is 44.1 Å². The van der Waals surface area contributed by atoms with Gasteiger partial charge in [-0.15, -0.1) is 0 Å².